The van der Waals surface area contributed by atoms with E-state index in [1.807, 2.05) is 0 Å². The monoisotopic (exact) mass is 260 g/mol. The molecule has 0 bridgehead atoms. The minimum absolute atomic E-state index is 0.0208. The number of unbranched alkanes of at least 4 members (excludes halogenated alkanes) is 2. The van der Waals surface area contributed by atoms with E-state index in [1.165, 1.54) is 0 Å². The van der Waals surface area contributed by atoms with Crippen LogP contribution in [0.2, 0.25) is 0 Å². The first-order valence-electron chi connectivity index (χ1n) is 6.49. The molecule has 0 amide bonds. The van der Waals surface area contributed by atoms with E-state index < -0.39 is 0 Å². The SMILES string of the molecule is CN(CCCCCO)CCCC(C)(C)C(N)=S. The van der Waals surface area contributed by atoms with Gasteiger partial charge in [0.2, 0.25) is 0 Å². The number of thiocarbonyl (C=S) groups is 1. The van der Waals surface area contributed by atoms with E-state index in [2.05, 4.69) is 25.8 Å². The van der Waals surface area contributed by atoms with Crippen molar-refractivity contribution in [2.75, 3.05) is 26.7 Å². The Labute approximate surface area is 111 Å². The van der Waals surface area contributed by atoms with Crippen LogP contribution in [0, 0.1) is 5.41 Å². The second-order valence-corrected chi connectivity index (χ2v) is 5.88. The van der Waals surface area contributed by atoms with Crippen LogP contribution in [0.5, 0.6) is 0 Å². The normalized spacial score (nSPS) is 12.1. The van der Waals surface area contributed by atoms with Crippen LogP contribution in [-0.2, 0) is 0 Å². The van der Waals surface area contributed by atoms with Gasteiger partial charge in [0.1, 0.15) is 0 Å². The van der Waals surface area contributed by atoms with Gasteiger partial charge in [-0.05, 0) is 52.2 Å². The van der Waals surface area contributed by atoms with Gasteiger partial charge in [0, 0.05) is 12.0 Å². The van der Waals surface area contributed by atoms with Crippen LogP contribution >= 0.6 is 12.2 Å². The molecule has 0 unspecified atom stereocenters. The molecule has 0 aliphatic heterocycles. The van der Waals surface area contributed by atoms with Crippen LogP contribution in [0.4, 0.5) is 0 Å². The van der Waals surface area contributed by atoms with Gasteiger partial charge in [-0.25, -0.2) is 0 Å². The van der Waals surface area contributed by atoms with E-state index in [4.69, 9.17) is 23.1 Å². The van der Waals surface area contributed by atoms with Crippen LogP contribution in [0.3, 0.4) is 0 Å². The van der Waals surface area contributed by atoms with Crippen molar-refractivity contribution in [2.24, 2.45) is 11.1 Å². The molecular formula is C13H28N2OS. The van der Waals surface area contributed by atoms with Crippen LogP contribution in [0.1, 0.15) is 46.0 Å². The molecule has 0 saturated carbocycles. The predicted octanol–water partition coefficient (Wildman–Crippen LogP) is 2.17. The van der Waals surface area contributed by atoms with Crippen molar-refractivity contribution in [1.29, 1.82) is 0 Å². The van der Waals surface area contributed by atoms with Gasteiger partial charge in [-0.3, -0.25) is 0 Å². The molecule has 0 aromatic heterocycles. The molecule has 0 aromatic carbocycles. The van der Waals surface area contributed by atoms with Crippen LogP contribution < -0.4 is 5.73 Å². The summed E-state index contributed by atoms with van der Waals surface area (Å²) in [6.07, 6.45) is 5.36. The molecule has 102 valence electrons. The number of aliphatic hydroxyl groups is 1. The van der Waals surface area contributed by atoms with Crippen molar-refractivity contribution in [3.05, 3.63) is 0 Å². The van der Waals surface area contributed by atoms with E-state index >= 15 is 0 Å². The molecule has 0 spiro atoms. The summed E-state index contributed by atoms with van der Waals surface area (Å²) in [7, 11) is 2.15. The Kier molecular flexibility index (Phi) is 8.74. The summed E-state index contributed by atoms with van der Waals surface area (Å²) in [5, 5.41) is 8.68. The van der Waals surface area contributed by atoms with Gasteiger partial charge in [0.25, 0.3) is 0 Å². The molecule has 0 aliphatic carbocycles. The topological polar surface area (TPSA) is 49.5 Å². The molecule has 4 heteroatoms. The first-order valence-corrected chi connectivity index (χ1v) is 6.90. The standard InChI is InChI=1S/C13H28N2OS/c1-13(2,12(14)17)8-7-10-15(3)9-5-4-6-11-16/h16H,4-11H2,1-3H3,(H2,14,17). The summed E-state index contributed by atoms with van der Waals surface area (Å²) < 4.78 is 0. The first-order chi connectivity index (χ1) is 7.90. The number of hydrogen-bond acceptors (Lipinski definition) is 3. The molecule has 0 rings (SSSR count). The Morgan fingerprint density at radius 2 is 1.76 bits per heavy atom. The molecule has 0 fully saturated rings. The number of nitrogens with two attached hydrogens (primary N) is 1. The Morgan fingerprint density at radius 3 is 2.29 bits per heavy atom. The Hall–Kier alpha value is -0.190. The number of rotatable bonds is 10. The summed E-state index contributed by atoms with van der Waals surface area (Å²) in [5.41, 5.74) is 5.67. The van der Waals surface area contributed by atoms with Gasteiger partial charge in [0.05, 0.1) is 4.99 Å². The fraction of sp³-hybridized carbons (Fsp3) is 0.923. The largest absolute Gasteiger partial charge is 0.396 e. The van der Waals surface area contributed by atoms with Crippen molar-refractivity contribution in [3.63, 3.8) is 0 Å². The zero-order chi connectivity index (χ0) is 13.3. The van der Waals surface area contributed by atoms with Gasteiger partial charge in [-0.2, -0.15) is 0 Å². The molecule has 0 aliphatic rings. The van der Waals surface area contributed by atoms with Gasteiger partial charge >= 0.3 is 0 Å². The zero-order valence-corrected chi connectivity index (χ0v) is 12.4. The lowest BCUT2D eigenvalue weighted by Crippen LogP contribution is -2.31. The van der Waals surface area contributed by atoms with Crippen molar-refractivity contribution in [3.8, 4) is 0 Å². The second kappa shape index (κ2) is 8.84. The third kappa shape index (κ3) is 8.52. The lowest BCUT2D eigenvalue weighted by Gasteiger charge is -2.24. The van der Waals surface area contributed by atoms with Crippen molar-refractivity contribution >= 4 is 17.2 Å². The highest BCUT2D eigenvalue weighted by Crippen LogP contribution is 2.22. The van der Waals surface area contributed by atoms with E-state index in [0.29, 0.717) is 11.6 Å². The maximum atomic E-state index is 8.68. The Morgan fingerprint density at radius 1 is 1.18 bits per heavy atom. The lowest BCUT2D eigenvalue weighted by atomic mass is 9.88. The number of nitrogens with zero attached hydrogens (tertiary/aromatic N) is 1. The fourth-order valence-corrected chi connectivity index (χ4v) is 1.80. The third-order valence-corrected chi connectivity index (χ3v) is 3.76. The number of hydrogen-bond donors (Lipinski definition) is 2. The summed E-state index contributed by atoms with van der Waals surface area (Å²) in [6.45, 7) is 6.72. The molecule has 0 heterocycles. The van der Waals surface area contributed by atoms with Crippen LogP contribution in [0.15, 0.2) is 0 Å². The van der Waals surface area contributed by atoms with Gasteiger partial charge < -0.3 is 15.7 Å². The minimum atomic E-state index is -0.0208. The van der Waals surface area contributed by atoms with Crippen molar-refractivity contribution < 1.29 is 5.11 Å². The van der Waals surface area contributed by atoms with E-state index in [-0.39, 0.29) is 5.41 Å². The smallest absolute Gasteiger partial charge is 0.0784 e. The highest BCUT2D eigenvalue weighted by molar-refractivity contribution is 7.80. The van der Waals surface area contributed by atoms with Crippen molar-refractivity contribution in [2.45, 2.75) is 46.0 Å². The van der Waals surface area contributed by atoms with Gasteiger partial charge in [-0.1, -0.05) is 26.1 Å². The summed E-state index contributed by atoms with van der Waals surface area (Å²) >= 11 is 5.05. The highest BCUT2D eigenvalue weighted by atomic mass is 32.1. The van der Waals surface area contributed by atoms with Gasteiger partial charge in [0.15, 0.2) is 0 Å². The minimum Gasteiger partial charge on any atom is -0.396 e. The molecule has 3 N–H and O–H groups in total. The third-order valence-electron chi connectivity index (χ3n) is 3.21. The molecule has 0 atom stereocenters. The lowest BCUT2D eigenvalue weighted by molar-refractivity contribution is 0.269. The quantitative estimate of drug-likeness (QED) is 0.467. The molecule has 17 heavy (non-hydrogen) atoms. The van der Waals surface area contributed by atoms with Crippen molar-refractivity contribution in [1.82, 2.24) is 4.90 Å². The molecule has 0 saturated heterocycles. The highest BCUT2D eigenvalue weighted by Gasteiger charge is 2.20. The van der Waals surface area contributed by atoms with E-state index in [0.717, 1.165) is 45.2 Å². The molecule has 0 aromatic rings. The summed E-state index contributed by atoms with van der Waals surface area (Å²) in [6, 6.07) is 0. The maximum absolute atomic E-state index is 8.68. The molecular weight excluding hydrogens is 232 g/mol. The average molecular weight is 260 g/mol. The first kappa shape index (κ1) is 16.8. The van der Waals surface area contributed by atoms with E-state index in [9.17, 15) is 0 Å². The predicted molar refractivity (Wildman–Crippen MR) is 78.2 cm³/mol. The number of aliphatic hydroxyl groups excluding tert-OH is 1. The Bertz CT molecular complexity index is 219. The van der Waals surface area contributed by atoms with Gasteiger partial charge in [-0.15, -0.1) is 0 Å². The Balaban J connectivity index is 3.57. The molecule has 3 nitrogen and oxygen atoms in total. The fourth-order valence-electron chi connectivity index (χ4n) is 1.70. The van der Waals surface area contributed by atoms with Crippen LogP contribution in [-0.4, -0.2) is 41.7 Å². The summed E-state index contributed by atoms with van der Waals surface area (Å²) in [4.78, 5) is 2.95. The average Bonchev–Trinajstić information content (AvgIpc) is 2.24. The second-order valence-electron chi connectivity index (χ2n) is 5.44. The molecule has 0 radical (unpaired) electrons. The zero-order valence-electron chi connectivity index (χ0n) is 11.5. The van der Waals surface area contributed by atoms with E-state index in [1.54, 1.807) is 0 Å². The summed E-state index contributed by atoms with van der Waals surface area (Å²) in [5.74, 6) is 0. The maximum Gasteiger partial charge on any atom is 0.0784 e. The van der Waals surface area contributed by atoms with Crippen LogP contribution in [0.25, 0.3) is 0 Å².